The van der Waals surface area contributed by atoms with Gasteiger partial charge >= 0.3 is 0 Å². The average molecular weight is 312 g/mol. The van der Waals surface area contributed by atoms with Gasteiger partial charge in [0.2, 0.25) is 5.78 Å². The number of rotatable bonds is 3. The molecule has 1 heterocycles. The summed E-state index contributed by atoms with van der Waals surface area (Å²) in [5.41, 5.74) is 6.86. The molecule has 0 saturated heterocycles. The molecule has 0 aliphatic heterocycles. The van der Waals surface area contributed by atoms with Crippen LogP contribution >= 0.6 is 27.3 Å². The Labute approximate surface area is 111 Å². The van der Waals surface area contributed by atoms with Crippen LogP contribution in [0.15, 0.2) is 34.1 Å². The summed E-state index contributed by atoms with van der Waals surface area (Å²) < 4.78 is 5.92. The Hall–Kier alpha value is -1.33. The smallest absolute Gasteiger partial charge is 0.206 e. The van der Waals surface area contributed by atoms with Crippen molar-refractivity contribution in [3.05, 3.63) is 44.6 Å². The number of carbonyl (C=O) groups is 1. The molecular weight excluding hydrogens is 302 g/mol. The van der Waals surface area contributed by atoms with E-state index in [9.17, 15) is 4.79 Å². The number of thiophene rings is 1. The Kier molecular flexibility index (Phi) is 3.49. The number of carbonyl (C=O) groups excluding carboxylic acids is 1. The van der Waals surface area contributed by atoms with E-state index in [-0.39, 0.29) is 5.78 Å². The minimum absolute atomic E-state index is 0.0731. The number of hydrogen-bond acceptors (Lipinski definition) is 4. The monoisotopic (exact) mass is 311 g/mol. The predicted molar refractivity (Wildman–Crippen MR) is 72.9 cm³/mol. The second-order valence-electron chi connectivity index (χ2n) is 3.38. The molecule has 0 atom stereocenters. The number of ether oxygens (including phenoxy) is 1. The zero-order valence-electron chi connectivity index (χ0n) is 9.07. The van der Waals surface area contributed by atoms with Crippen LogP contribution in [-0.2, 0) is 0 Å². The Morgan fingerprint density at radius 2 is 2.18 bits per heavy atom. The first kappa shape index (κ1) is 12.1. The van der Waals surface area contributed by atoms with Gasteiger partial charge in [-0.3, -0.25) is 4.79 Å². The van der Waals surface area contributed by atoms with E-state index in [0.29, 0.717) is 21.9 Å². The lowest BCUT2D eigenvalue weighted by Gasteiger charge is -2.04. The van der Waals surface area contributed by atoms with E-state index in [1.807, 2.05) is 5.38 Å². The maximum atomic E-state index is 12.2. The van der Waals surface area contributed by atoms with E-state index in [4.69, 9.17) is 10.5 Å². The molecule has 17 heavy (non-hydrogen) atoms. The van der Waals surface area contributed by atoms with Crippen LogP contribution in [0, 0.1) is 0 Å². The third kappa shape index (κ3) is 2.35. The quantitative estimate of drug-likeness (QED) is 0.698. The molecular formula is C12H10BrNO2S. The fourth-order valence-electron chi connectivity index (χ4n) is 1.44. The molecule has 2 rings (SSSR count). The van der Waals surface area contributed by atoms with Crippen LogP contribution in [0.25, 0.3) is 0 Å². The van der Waals surface area contributed by atoms with Crippen molar-refractivity contribution >= 4 is 38.7 Å². The average Bonchev–Trinajstić information content (AvgIpc) is 2.80. The van der Waals surface area contributed by atoms with Gasteiger partial charge in [-0.25, -0.2) is 0 Å². The SMILES string of the molecule is COc1ccsc1C(=O)c1ccc(Br)c(N)c1. The van der Waals surface area contributed by atoms with Crippen LogP contribution in [0.3, 0.4) is 0 Å². The predicted octanol–water partition coefficient (Wildman–Crippen LogP) is 3.33. The first-order valence-electron chi connectivity index (χ1n) is 4.84. The second kappa shape index (κ2) is 4.89. The summed E-state index contributed by atoms with van der Waals surface area (Å²) in [5.74, 6) is 0.526. The van der Waals surface area contributed by atoms with Crippen molar-refractivity contribution in [3.8, 4) is 5.75 Å². The molecule has 0 unspecified atom stereocenters. The third-order valence-corrected chi connectivity index (χ3v) is 3.93. The molecule has 0 spiro atoms. The van der Waals surface area contributed by atoms with E-state index in [1.54, 1.807) is 31.4 Å². The number of benzene rings is 1. The number of nitrogens with two attached hydrogens (primary N) is 1. The Morgan fingerprint density at radius 1 is 1.41 bits per heavy atom. The molecule has 1 aromatic heterocycles. The van der Waals surface area contributed by atoms with Crippen molar-refractivity contribution in [2.24, 2.45) is 0 Å². The van der Waals surface area contributed by atoms with Gasteiger partial charge in [0.25, 0.3) is 0 Å². The molecule has 2 aromatic rings. The fraction of sp³-hybridized carbons (Fsp3) is 0.0833. The van der Waals surface area contributed by atoms with Crippen LogP contribution in [0.4, 0.5) is 5.69 Å². The molecule has 0 radical (unpaired) electrons. The highest BCUT2D eigenvalue weighted by atomic mass is 79.9. The van der Waals surface area contributed by atoms with E-state index in [1.165, 1.54) is 11.3 Å². The topological polar surface area (TPSA) is 52.3 Å². The van der Waals surface area contributed by atoms with Gasteiger partial charge in [0.1, 0.15) is 10.6 Å². The van der Waals surface area contributed by atoms with Gasteiger partial charge < -0.3 is 10.5 Å². The first-order valence-corrected chi connectivity index (χ1v) is 6.52. The number of halogens is 1. The summed E-state index contributed by atoms with van der Waals surface area (Å²) in [7, 11) is 1.55. The van der Waals surface area contributed by atoms with Gasteiger partial charge in [0, 0.05) is 15.7 Å². The highest BCUT2D eigenvalue weighted by Gasteiger charge is 2.16. The van der Waals surface area contributed by atoms with Crippen molar-refractivity contribution in [3.63, 3.8) is 0 Å². The van der Waals surface area contributed by atoms with Gasteiger partial charge in [0.15, 0.2) is 0 Å². The number of ketones is 1. The third-order valence-electron chi connectivity index (χ3n) is 2.31. The molecule has 0 aliphatic rings. The van der Waals surface area contributed by atoms with Crippen LogP contribution in [0.1, 0.15) is 15.2 Å². The minimum Gasteiger partial charge on any atom is -0.495 e. The van der Waals surface area contributed by atoms with Gasteiger partial charge in [-0.05, 0) is 45.6 Å². The van der Waals surface area contributed by atoms with E-state index in [2.05, 4.69) is 15.9 Å². The van der Waals surface area contributed by atoms with Crippen LogP contribution < -0.4 is 10.5 Å². The maximum absolute atomic E-state index is 12.2. The van der Waals surface area contributed by atoms with Gasteiger partial charge in [-0.2, -0.15) is 0 Å². The number of anilines is 1. The summed E-state index contributed by atoms with van der Waals surface area (Å²) in [6.45, 7) is 0. The molecule has 2 N–H and O–H groups in total. The second-order valence-corrected chi connectivity index (χ2v) is 5.15. The Morgan fingerprint density at radius 3 is 2.82 bits per heavy atom. The molecule has 0 fully saturated rings. The van der Waals surface area contributed by atoms with E-state index < -0.39 is 0 Å². The lowest BCUT2D eigenvalue weighted by Crippen LogP contribution is -2.02. The van der Waals surface area contributed by atoms with Gasteiger partial charge in [-0.15, -0.1) is 11.3 Å². The van der Waals surface area contributed by atoms with Crippen molar-refractivity contribution in [1.29, 1.82) is 0 Å². The Bertz CT molecular complexity index is 565. The molecule has 0 aliphatic carbocycles. The summed E-state index contributed by atoms with van der Waals surface area (Å²) in [5, 5.41) is 1.83. The van der Waals surface area contributed by atoms with Gasteiger partial charge in [-0.1, -0.05) is 0 Å². The summed E-state index contributed by atoms with van der Waals surface area (Å²) >= 11 is 4.66. The summed E-state index contributed by atoms with van der Waals surface area (Å²) in [6.07, 6.45) is 0. The molecule has 5 heteroatoms. The highest BCUT2D eigenvalue weighted by Crippen LogP contribution is 2.29. The first-order chi connectivity index (χ1) is 8.13. The largest absolute Gasteiger partial charge is 0.495 e. The molecule has 88 valence electrons. The standard InChI is InChI=1S/C12H10BrNO2S/c1-16-10-4-5-17-12(10)11(15)7-2-3-8(13)9(14)6-7/h2-6H,14H2,1H3. The zero-order valence-corrected chi connectivity index (χ0v) is 11.5. The Balaban J connectivity index is 2.40. The normalized spacial score (nSPS) is 10.2. The van der Waals surface area contributed by atoms with Crippen molar-refractivity contribution in [2.45, 2.75) is 0 Å². The molecule has 0 saturated carbocycles. The molecule has 0 bridgehead atoms. The maximum Gasteiger partial charge on any atom is 0.206 e. The highest BCUT2D eigenvalue weighted by molar-refractivity contribution is 9.10. The molecule has 3 nitrogen and oxygen atoms in total. The van der Waals surface area contributed by atoms with Gasteiger partial charge in [0.05, 0.1) is 7.11 Å². The van der Waals surface area contributed by atoms with Crippen molar-refractivity contribution in [1.82, 2.24) is 0 Å². The van der Waals surface area contributed by atoms with Crippen molar-refractivity contribution in [2.75, 3.05) is 12.8 Å². The molecule has 1 aromatic carbocycles. The lowest BCUT2D eigenvalue weighted by atomic mass is 10.1. The zero-order chi connectivity index (χ0) is 12.4. The lowest BCUT2D eigenvalue weighted by molar-refractivity contribution is 0.104. The minimum atomic E-state index is -0.0731. The molecule has 0 amide bonds. The summed E-state index contributed by atoms with van der Waals surface area (Å²) in [6, 6.07) is 6.94. The number of hydrogen-bond donors (Lipinski definition) is 1. The van der Waals surface area contributed by atoms with Crippen LogP contribution in [0.5, 0.6) is 5.75 Å². The van der Waals surface area contributed by atoms with Crippen molar-refractivity contribution < 1.29 is 9.53 Å². The number of nitrogen functional groups attached to an aromatic ring is 1. The summed E-state index contributed by atoms with van der Waals surface area (Å²) in [4.78, 5) is 12.8. The van der Waals surface area contributed by atoms with E-state index >= 15 is 0 Å². The van der Waals surface area contributed by atoms with E-state index in [0.717, 1.165) is 4.47 Å². The number of methoxy groups -OCH3 is 1. The fourth-order valence-corrected chi connectivity index (χ4v) is 2.51. The van der Waals surface area contributed by atoms with Crippen LogP contribution in [0.2, 0.25) is 0 Å². The van der Waals surface area contributed by atoms with Crippen LogP contribution in [-0.4, -0.2) is 12.9 Å².